The average Bonchev–Trinajstić information content (AvgIpc) is 2.67. The fourth-order valence-corrected chi connectivity index (χ4v) is 2.38. The van der Waals surface area contributed by atoms with Crippen molar-refractivity contribution in [3.05, 3.63) is 42.0 Å². The lowest BCUT2D eigenvalue weighted by Gasteiger charge is -2.06. The number of phenolic OH excluding ortho intramolecular Hbond substituents is 1. The minimum Gasteiger partial charge on any atom is -0.507 e. The highest BCUT2D eigenvalue weighted by molar-refractivity contribution is 6.02. The van der Waals surface area contributed by atoms with Gasteiger partial charge in [-0.05, 0) is 16.8 Å². The first-order valence-corrected chi connectivity index (χ1v) is 8.75. The average molecular weight is 361 g/mol. The number of benzene rings is 2. The molecule has 0 aliphatic carbocycles. The molecule has 0 saturated carbocycles. The van der Waals surface area contributed by atoms with Gasteiger partial charge in [-0.25, -0.2) is 0 Å². The Morgan fingerprint density at radius 1 is 0.846 bits per heavy atom. The molecule has 2 rings (SSSR count). The number of fused-ring (bicyclic) bond motifs is 1. The fraction of sp³-hybridized carbons (Fsp3) is 0.450. The van der Waals surface area contributed by atoms with Crippen molar-refractivity contribution in [1.29, 1.82) is 0 Å². The molecule has 0 aromatic heterocycles. The molecule has 0 radical (unpaired) electrons. The summed E-state index contributed by atoms with van der Waals surface area (Å²) in [5.41, 5.74) is 0.736. The first-order valence-electron chi connectivity index (χ1n) is 8.75. The Hall–Kier alpha value is -1.99. The number of phenols is 1. The summed E-state index contributed by atoms with van der Waals surface area (Å²) in [6.07, 6.45) is 1.70. The van der Waals surface area contributed by atoms with Gasteiger partial charge in [-0.2, -0.15) is 0 Å². The molecule has 0 aliphatic rings. The van der Waals surface area contributed by atoms with E-state index in [1.807, 2.05) is 30.3 Å². The quantitative estimate of drug-likeness (QED) is 0.439. The zero-order chi connectivity index (χ0) is 18.5. The van der Waals surface area contributed by atoms with Crippen molar-refractivity contribution in [3.8, 4) is 5.75 Å². The number of hydrogen-bond acceptors (Lipinski definition) is 6. The third-order valence-electron chi connectivity index (χ3n) is 3.71. The number of hydrogen-bond donors (Lipinski definition) is 1. The van der Waals surface area contributed by atoms with Crippen molar-refractivity contribution >= 4 is 17.0 Å². The van der Waals surface area contributed by atoms with Gasteiger partial charge in [-0.1, -0.05) is 30.3 Å². The summed E-state index contributed by atoms with van der Waals surface area (Å²) >= 11 is 0. The van der Waals surface area contributed by atoms with E-state index in [2.05, 4.69) is 4.99 Å². The van der Waals surface area contributed by atoms with Crippen LogP contribution in [0, 0.1) is 0 Å². The van der Waals surface area contributed by atoms with E-state index in [1.165, 1.54) is 0 Å². The Bertz CT molecular complexity index is 674. The Balaban J connectivity index is 1.59. The highest BCUT2D eigenvalue weighted by Gasteiger charge is 2.03. The molecule has 0 atom stereocenters. The van der Waals surface area contributed by atoms with Crippen LogP contribution in [-0.2, 0) is 18.9 Å². The standard InChI is InChI=1S/C20H27NO5/c1-23-10-11-25-14-15-26-13-12-24-9-8-21-16-19-18-5-3-2-4-17(18)6-7-20(19)22/h2-7,16,22H,8-15H2,1H3. The molecule has 6 nitrogen and oxygen atoms in total. The highest BCUT2D eigenvalue weighted by Crippen LogP contribution is 2.25. The van der Waals surface area contributed by atoms with Crippen molar-refractivity contribution in [2.24, 2.45) is 4.99 Å². The minimum absolute atomic E-state index is 0.231. The first-order chi connectivity index (χ1) is 12.8. The smallest absolute Gasteiger partial charge is 0.124 e. The number of methoxy groups -OCH3 is 1. The summed E-state index contributed by atoms with van der Waals surface area (Å²) in [6.45, 7) is 4.38. The van der Waals surface area contributed by atoms with Crippen molar-refractivity contribution in [2.75, 3.05) is 59.9 Å². The van der Waals surface area contributed by atoms with E-state index in [4.69, 9.17) is 18.9 Å². The van der Waals surface area contributed by atoms with Crippen LogP contribution in [0.25, 0.3) is 10.8 Å². The zero-order valence-corrected chi connectivity index (χ0v) is 15.2. The number of aromatic hydroxyl groups is 1. The van der Waals surface area contributed by atoms with E-state index in [0.29, 0.717) is 52.8 Å². The predicted octanol–water partition coefficient (Wildman–Crippen LogP) is 2.66. The third kappa shape index (κ3) is 7.09. The molecule has 1 N–H and O–H groups in total. The van der Waals surface area contributed by atoms with Gasteiger partial charge in [0.1, 0.15) is 5.75 Å². The zero-order valence-electron chi connectivity index (χ0n) is 15.2. The van der Waals surface area contributed by atoms with Gasteiger partial charge in [0.05, 0.1) is 52.8 Å². The second-order valence-electron chi connectivity index (χ2n) is 5.58. The van der Waals surface area contributed by atoms with Crippen LogP contribution in [0.4, 0.5) is 0 Å². The summed E-state index contributed by atoms with van der Waals surface area (Å²) in [7, 11) is 1.64. The van der Waals surface area contributed by atoms with Gasteiger partial charge >= 0.3 is 0 Å². The van der Waals surface area contributed by atoms with Crippen LogP contribution >= 0.6 is 0 Å². The largest absolute Gasteiger partial charge is 0.507 e. The SMILES string of the molecule is COCCOCCOCCOCCN=Cc1c(O)ccc2ccccc12. The number of rotatable bonds is 13. The van der Waals surface area contributed by atoms with Gasteiger partial charge < -0.3 is 24.1 Å². The number of nitrogens with zero attached hydrogens (tertiary/aromatic N) is 1. The molecule has 0 unspecified atom stereocenters. The Labute approximate surface area is 154 Å². The third-order valence-corrected chi connectivity index (χ3v) is 3.71. The molecule has 26 heavy (non-hydrogen) atoms. The normalized spacial score (nSPS) is 11.6. The van der Waals surface area contributed by atoms with Crippen LogP contribution in [-0.4, -0.2) is 71.2 Å². The lowest BCUT2D eigenvalue weighted by Crippen LogP contribution is -2.12. The summed E-state index contributed by atoms with van der Waals surface area (Å²) in [4.78, 5) is 4.35. The molecule has 142 valence electrons. The predicted molar refractivity (Wildman–Crippen MR) is 102 cm³/mol. The van der Waals surface area contributed by atoms with Gasteiger partial charge in [0, 0.05) is 18.9 Å². The van der Waals surface area contributed by atoms with E-state index in [1.54, 1.807) is 19.4 Å². The molecular formula is C20H27NO5. The van der Waals surface area contributed by atoms with Gasteiger partial charge in [-0.3, -0.25) is 4.99 Å². The molecule has 0 amide bonds. The van der Waals surface area contributed by atoms with Crippen molar-refractivity contribution in [2.45, 2.75) is 0 Å². The molecule has 0 bridgehead atoms. The fourth-order valence-electron chi connectivity index (χ4n) is 2.38. The summed E-state index contributed by atoms with van der Waals surface area (Å²) < 4.78 is 21.0. The van der Waals surface area contributed by atoms with E-state index < -0.39 is 0 Å². The molecule has 0 heterocycles. The maximum Gasteiger partial charge on any atom is 0.124 e. The maximum absolute atomic E-state index is 10.0. The molecule has 6 heteroatoms. The molecular weight excluding hydrogens is 334 g/mol. The number of aliphatic imine (C=N–C) groups is 1. The van der Waals surface area contributed by atoms with Crippen molar-refractivity contribution in [1.82, 2.24) is 0 Å². The van der Waals surface area contributed by atoms with E-state index in [9.17, 15) is 5.11 Å². The minimum atomic E-state index is 0.231. The molecule has 0 fully saturated rings. The Morgan fingerprint density at radius 2 is 1.50 bits per heavy atom. The monoisotopic (exact) mass is 361 g/mol. The van der Waals surface area contributed by atoms with E-state index >= 15 is 0 Å². The topological polar surface area (TPSA) is 69.5 Å². The first kappa shape index (κ1) is 20.3. The van der Waals surface area contributed by atoms with Crippen LogP contribution in [0.2, 0.25) is 0 Å². The van der Waals surface area contributed by atoms with E-state index in [0.717, 1.165) is 16.3 Å². The molecule has 2 aromatic carbocycles. The molecule has 0 spiro atoms. The van der Waals surface area contributed by atoms with Crippen LogP contribution in [0.5, 0.6) is 5.75 Å². The summed E-state index contributed by atoms with van der Waals surface area (Å²) in [5.74, 6) is 0.231. The van der Waals surface area contributed by atoms with Crippen LogP contribution in [0.1, 0.15) is 5.56 Å². The van der Waals surface area contributed by atoms with Crippen molar-refractivity contribution in [3.63, 3.8) is 0 Å². The second-order valence-corrected chi connectivity index (χ2v) is 5.58. The van der Waals surface area contributed by atoms with Crippen LogP contribution in [0.15, 0.2) is 41.4 Å². The Morgan fingerprint density at radius 3 is 2.23 bits per heavy atom. The van der Waals surface area contributed by atoms with E-state index in [-0.39, 0.29) is 5.75 Å². The lowest BCUT2D eigenvalue weighted by atomic mass is 10.0. The van der Waals surface area contributed by atoms with Crippen LogP contribution < -0.4 is 0 Å². The lowest BCUT2D eigenvalue weighted by molar-refractivity contribution is 0.00472. The second kappa shape index (κ2) is 12.4. The van der Waals surface area contributed by atoms with Gasteiger partial charge in [0.25, 0.3) is 0 Å². The number of ether oxygens (including phenoxy) is 4. The summed E-state index contributed by atoms with van der Waals surface area (Å²) in [5, 5.41) is 12.1. The molecule has 2 aromatic rings. The van der Waals surface area contributed by atoms with Crippen molar-refractivity contribution < 1.29 is 24.1 Å². The van der Waals surface area contributed by atoms with Gasteiger partial charge in [-0.15, -0.1) is 0 Å². The molecule has 0 aliphatic heterocycles. The Kier molecular flexibility index (Phi) is 9.67. The van der Waals surface area contributed by atoms with Gasteiger partial charge in [0.15, 0.2) is 0 Å². The van der Waals surface area contributed by atoms with Crippen LogP contribution in [0.3, 0.4) is 0 Å². The van der Waals surface area contributed by atoms with Gasteiger partial charge in [0.2, 0.25) is 0 Å². The molecule has 0 saturated heterocycles. The summed E-state index contributed by atoms with van der Waals surface area (Å²) in [6, 6.07) is 11.5. The highest BCUT2D eigenvalue weighted by atomic mass is 16.6. The maximum atomic E-state index is 10.0.